The number of H-pyrrole nitrogens is 1. The number of anilines is 1. The van der Waals surface area contributed by atoms with Gasteiger partial charge in [-0.2, -0.15) is 13.2 Å². The first-order valence-electron chi connectivity index (χ1n) is 7.43. The van der Waals surface area contributed by atoms with Crippen LogP contribution >= 0.6 is 0 Å². The molecule has 3 heterocycles. The van der Waals surface area contributed by atoms with Gasteiger partial charge in [-0.15, -0.1) is 10.2 Å². The lowest BCUT2D eigenvalue weighted by molar-refractivity contribution is -0.145. The number of hydrogen-bond acceptors (Lipinski definition) is 6. The fraction of sp³-hybridized carbons (Fsp3) is 0.200. The summed E-state index contributed by atoms with van der Waals surface area (Å²) in [5.41, 5.74) is 1.18. The highest BCUT2D eigenvalue weighted by atomic mass is 19.4. The second kappa shape index (κ2) is 7.25. The molecule has 0 aliphatic rings. The van der Waals surface area contributed by atoms with Crippen LogP contribution in [0.1, 0.15) is 17.8 Å². The van der Waals surface area contributed by atoms with Crippen molar-refractivity contribution in [2.45, 2.75) is 19.0 Å². The lowest BCUT2D eigenvalue weighted by atomic mass is 10.2. The molecule has 26 heavy (non-hydrogen) atoms. The maximum atomic E-state index is 12.4. The Morgan fingerprint density at radius 3 is 2.46 bits per heavy atom. The molecule has 0 aromatic carbocycles. The van der Waals surface area contributed by atoms with Crippen molar-refractivity contribution < 1.29 is 18.0 Å². The Hall–Kier alpha value is -3.37. The normalized spacial score (nSPS) is 11.3. The van der Waals surface area contributed by atoms with Gasteiger partial charge in [-0.25, -0.2) is 9.97 Å². The number of rotatable bonds is 5. The molecule has 3 aromatic heterocycles. The van der Waals surface area contributed by atoms with Gasteiger partial charge in [0.05, 0.1) is 0 Å². The van der Waals surface area contributed by atoms with Gasteiger partial charge in [0.1, 0.15) is 0 Å². The Balaban J connectivity index is 1.54. The summed E-state index contributed by atoms with van der Waals surface area (Å²) in [7, 11) is 0. The fourth-order valence-electron chi connectivity index (χ4n) is 2.04. The summed E-state index contributed by atoms with van der Waals surface area (Å²) in [6.07, 6.45) is 0.937. The standard InChI is InChI=1S/C15H12F3N7O/c16-15(17,18)13-20-7-9(8-21-13)1-2-11(26)22-14-23-12(24-25-14)10-3-5-19-6-4-10/h3-8H,1-2H2,(H2,22,23,24,25,26). The number of hydrogen-bond donors (Lipinski definition) is 2. The summed E-state index contributed by atoms with van der Waals surface area (Å²) >= 11 is 0. The Bertz CT molecular complexity index is 878. The van der Waals surface area contributed by atoms with Gasteiger partial charge in [0.2, 0.25) is 17.7 Å². The molecular weight excluding hydrogens is 351 g/mol. The third-order valence-electron chi connectivity index (χ3n) is 3.30. The molecule has 1 amide bonds. The highest BCUT2D eigenvalue weighted by Gasteiger charge is 2.34. The van der Waals surface area contributed by atoms with Crippen LogP contribution in [0.2, 0.25) is 0 Å². The van der Waals surface area contributed by atoms with E-state index >= 15 is 0 Å². The summed E-state index contributed by atoms with van der Waals surface area (Å²) in [6, 6.07) is 3.47. The quantitative estimate of drug-likeness (QED) is 0.720. The van der Waals surface area contributed by atoms with Crippen molar-refractivity contribution in [2.24, 2.45) is 0 Å². The van der Waals surface area contributed by atoms with Crippen LogP contribution in [0.5, 0.6) is 0 Å². The zero-order valence-corrected chi connectivity index (χ0v) is 13.2. The molecule has 0 atom stereocenters. The Morgan fingerprint density at radius 1 is 1.12 bits per heavy atom. The summed E-state index contributed by atoms with van der Waals surface area (Å²) in [4.78, 5) is 25.2. The Labute approximate surface area is 144 Å². The van der Waals surface area contributed by atoms with E-state index in [1.165, 1.54) is 0 Å². The lowest BCUT2D eigenvalue weighted by Gasteiger charge is -2.05. The average Bonchev–Trinajstić information content (AvgIpc) is 3.09. The van der Waals surface area contributed by atoms with Gasteiger partial charge in [0, 0.05) is 36.8 Å². The molecule has 0 saturated heterocycles. The number of amides is 1. The van der Waals surface area contributed by atoms with Crippen molar-refractivity contribution in [2.75, 3.05) is 5.32 Å². The number of halogens is 3. The number of alkyl halides is 3. The van der Waals surface area contributed by atoms with E-state index < -0.39 is 12.0 Å². The minimum absolute atomic E-state index is 0.0278. The molecule has 11 heteroatoms. The van der Waals surface area contributed by atoms with Crippen molar-refractivity contribution >= 4 is 11.9 Å². The number of pyridine rings is 1. The van der Waals surface area contributed by atoms with Crippen LogP contribution in [0.3, 0.4) is 0 Å². The molecule has 0 unspecified atom stereocenters. The third-order valence-corrected chi connectivity index (χ3v) is 3.30. The smallest absolute Gasteiger partial charge is 0.307 e. The second-order valence-corrected chi connectivity index (χ2v) is 5.22. The number of carbonyl (C=O) groups is 1. The number of nitrogens with zero attached hydrogens (tertiary/aromatic N) is 5. The van der Waals surface area contributed by atoms with Crippen LogP contribution < -0.4 is 5.32 Å². The molecule has 0 aliphatic carbocycles. The van der Waals surface area contributed by atoms with E-state index in [2.05, 4.69) is 35.5 Å². The first-order chi connectivity index (χ1) is 12.4. The summed E-state index contributed by atoms with van der Waals surface area (Å²) < 4.78 is 37.2. The van der Waals surface area contributed by atoms with E-state index in [0.717, 1.165) is 18.0 Å². The molecular formula is C15H12F3N7O. The topological polar surface area (TPSA) is 109 Å². The van der Waals surface area contributed by atoms with Crippen LogP contribution in [0.25, 0.3) is 11.4 Å². The second-order valence-electron chi connectivity index (χ2n) is 5.22. The van der Waals surface area contributed by atoms with Gasteiger partial charge in [0.25, 0.3) is 0 Å². The van der Waals surface area contributed by atoms with Gasteiger partial charge in [-0.05, 0) is 24.1 Å². The third kappa shape index (κ3) is 4.37. The average molecular weight is 363 g/mol. The molecule has 0 spiro atoms. The molecule has 0 fully saturated rings. The van der Waals surface area contributed by atoms with Gasteiger partial charge in [0.15, 0.2) is 5.82 Å². The van der Waals surface area contributed by atoms with Crippen molar-refractivity contribution in [1.29, 1.82) is 0 Å². The molecule has 8 nitrogen and oxygen atoms in total. The summed E-state index contributed by atoms with van der Waals surface area (Å²) in [6.45, 7) is 0. The van der Waals surface area contributed by atoms with E-state index in [4.69, 9.17) is 0 Å². The zero-order chi connectivity index (χ0) is 18.6. The van der Waals surface area contributed by atoms with Crippen molar-refractivity contribution in [1.82, 2.24) is 30.1 Å². The molecule has 0 aliphatic heterocycles. The van der Waals surface area contributed by atoms with Crippen LogP contribution in [0, 0.1) is 0 Å². The van der Waals surface area contributed by atoms with Gasteiger partial charge >= 0.3 is 6.18 Å². The number of aromatic nitrogens is 6. The van der Waals surface area contributed by atoms with Gasteiger partial charge in [-0.3, -0.25) is 15.1 Å². The molecule has 134 valence electrons. The van der Waals surface area contributed by atoms with E-state index in [-0.39, 0.29) is 24.7 Å². The first-order valence-corrected chi connectivity index (χ1v) is 7.43. The van der Waals surface area contributed by atoms with Crippen LogP contribution in [-0.2, 0) is 17.4 Å². The Morgan fingerprint density at radius 2 is 1.81 bits per heavy atom. The van der Waals surface area contributed by atoms with Crippen molar-refractivity contribution in [3.05, 3.63) is 48.3 Å². The largest absolute Gasteiger partial charge is 0.451 e. The molecule has 2 N–H and O–H groups in total. The molecule has 0 saturated carbocycles. The lowest BCUT2D eigenvalue weighted by Crippen LogP contribution is -2.14. The summed E-state index contributed by atoms with van der Waals surface area (Å²) in [5.74, 6) is -0.942. The minimum atomic E-state index is -4.59. The maximum Gasteiger partial charge on any atom is 0.451 e. The van der Waals surface area contributed by atoms with E-state index in [0.29, 0.717) is 11.4 Å². The highest BCUT2D eigenvalue weighted by molar-refractivity contribution is 5.89. The predicted molar refractivity (Wildman–Crippen MR) is 83.6 cm³/mol. The highest BCUT2D eigenvalue weighted by Crippen LogP contribution is 2.25. The predicted octanol–water partition coefficient (Wildman–Crippen LogP) is 2.25. The molecule has 0 bridgehead atoms. The van der Waals surface area contributed by atoms with Crippen molar-refractivity contribution in [3.8, 4) is 11.4 Å². The monoisotopic (exact) mass is 363 g/mol. The first kappa shape index (κ1) is 17.5. The number of nitrogens with one attached hydrogen (secondary N) is 2. The van der Waals surface area contributed by atoms with E-state index in [1.54, 1.807) is 24.5 Å². The Kier molecular flexibility index (Phi) is 4.87. The summed E-state index contributed by atoms with van der Waals surface area (Å²) in [5, 5.41) is 10.3. The van der Waals surface area contributed by atoms with Crippen LogP contribution in [-0.4, -0.2) is 36.0 Å². The minimum Gasteiger partial charge on any atom is -0.307 e. The number of aromatic amines is 1. The van der Waals surface area contributed by atoms with Gasteiger partial charge in [-0.1, -0.05) is 0 Å². The number of carbonyl (C=O) groups excluding carboxylic acids is 1. The fourth-order valence-corrected chi connectivity index (χ4v) is 2.04. The molecule has 0 radical (unpaired) electrons. The molecule has 3 rings (SSSR count). The SMILES string of the molecule is O=C(CCc1cnc(C(F)(F)F)nc1)Nc1nnc(-c2ccncc2)[nH]1. The number of aryl methyl sites for hydroxylation is 1. The molecule has 3 aromatic rings. The van der Waals surface area contributed by atoms with Crippen LogP contribution in [0.4, 0.5) is 19.1 Å². The van der Waals surface area contributed by atoms with E-state index in [1.807, 2.05) is 0 Å². The van der Waals surface area contributed by atoms with Gasteiger partial charge < -0.3 is 4.98 Å². The van der Waals surface area contributed by atoms with Crippen LogP contribution in [0.15, 0.2) is 36.9 Å². The zero-order valence-electron chi connectivity index (χ0n) is 13.2. The van der Waals surface area contributed by atoms with Crippen molar-refractivity contribution in [3.63, 3.8) is 0 Å². The maximum absolute atomic E-state index is 12.4. The van der Waals surface area contributed by atoms with E-state index in [9.17, 15) is 18.0 Å².